The monoisotopic (exact) mass is 382 g/mol. The number of aromatic nitrogens is 2. The van der Waals surface area contributed by atoms with E-state index in [0.29, 0.717) is 11.8 Å². The molecule has 132 valence electrons. The maximum Gasteiger partial charge on any atom is 0.274 e. The predicted molar refractivity (Wildman–Crippen MR) is 105 cm³/mol. The third-order valence-electron chi connectivity index (χ3n) is 4.33. The Balaban J connectivity index is 1.58. The van der Waals surface area contributed by atoms with Crippen molar-refractivity contribution in [3.63, 3.8) is 0 Å². The van der Waals surface area contributed by atoms with Gasteiger partial charge in [0.05, 0.1) is 9.75 Å². The Bertz CT molecular complexity index is 944. The van der Waals surface area contributed by atoms with Crippen LogP contribution in [0.3, 0.4) is 0 Å². The van der Waals surface area contributed by atoms with Crippen molar-refractivity contribution in [2.75, 3.05) is 0 Å². The zero-order chi connectivity index (χ0) is 17.9. The number of hydrogen-bond acceptors (Lipinski definition) is 5. The van der Waals surface area contributed by atoms with E-state index in [1.165, 1.54) is 16.0 Å². The third-order valence-corrected chi connectivity index (χ3v) is 6.14. The number of aryl methyl sites for hydroxylation is 1. The molecule has 4 nitrogen and oxygen atoms in total. The Morgan fingerprint density at radius 3 is 2.42 bits per heavy atom. The van der Waals surface area contributed by atoms with Crippen molar-refractivity contribution in [3.8, 4) is 10.8 Å². The van der Waals surface area contributed by atoms with Crippen LogP contribution in [0, 0.1) is 6.92 Å². The van der Waals surface area contributed by atoms with E-state index < -0.39 is 0 Å². The zero-order valence-electron chi connectivity index (χ0n) is 14.6. The van der Waals surface area contributed by atoms with E-state index in [9.17, 15) is 0 Å². The lowest BCUT2D eigenvalue weighted by Gasteiger charge is -2.18. The molecule has 0 unspecified atom stereocenters. The van der Waals surface area contributed by atoms with Crippen molar-refractivity contribution in [2.45, 2.75) is 25.9 Å². The summed E-state index contributed by atoms with van der Waals surface area (Å²) in [6.45, 7) is 4.22. The fourth-order valence-corrected chi connectivity index (χ4v) is 4.38. The first-order valence-corrected chi connectivity index (χ1v) is 10.3. The summed E-state index contributed by atoms with van der Waals surface area (Å²) in [4.78, 5) is 2.32. The zero-order valence-corrected chi connectivity index (χ0v) is 16.3. The van der Waals surface area contributed by atoms with E-state index in [4.69, 9.17) is 4.42 Å². The number of rotatable bonds is 6. The number of nitrogens with two attached hydrogens (primary N) is 1. The molecule has 0 spiro atoms. The Morgan fingerprint density at radius 2 is 1.73 bits per heavy atom. The fraction of sp³-hybridized carbons (Fsp3) is 0.200. The van der Waals surface area contributed by atoms with Crippen LogP contribution in [-0.2, 0) is 0 Å². The molecular formula is C20H20N3OS2+. The smallest absolute Gasteiger partial charge is 0.274 e. The maximum atomic E-state index is 5.92. The lowest BCUT2D eigenvalue weighted by atomic mass is 10.0. The molecule has 2 N–H and O–H groups in total. The van der Waals surface area contributed by atoms with Gasteiger partial charge in [-0.25, -0.2) is 0 Å². The SMILES string of the molecule is Cc1ccc([C@@H]([NH2+][C@@H](C)c2nnc(-c3cccs3)o2)c2cccs2)cc1. The summed E-state index contributed by atoms with van der Waals surface area (Å²) in [6, 6.07) is 17.3. The van der Waals surface area contributed by atoms with Gasteiger partial charge in [-0.2, -0.15) is 0 Å². The van der Waals surface area contributed by atoms with Gasteiger partial charge < -0.3 is 9.73 Å². The van der Waals surface area contributed by atoms with Crippen molar-refractivity contribution in [2.24, 2.45) is 0 Å². The summed E-state index contributed by atoms with van der Waals surface area (Å²) in [5.74, 6) is 1.25. The molecular weight excluding hydrogens is 362 g/mol. The van der Waals surface area contributed by atoms with Crippen LogP contribution >= 0.6 is 22.7 Å². The Labute approximate surface area is 160 Å². The van der Waals surface area contributed by atoms with Crippen LogP contribution in [0.4, 0.5) is 0 Å². The fourth-order valence-electron chi connectivity index (χ4n) is 2.90. The minimum atomic E-state index is 0.0598. The quantitative estimate of drug-likeness (QED) is 0.531. The molecule has 0 radical (unpaired) electrons. The summed E-state index contributed by atoms with van der Waals surface area (Å²) in [5.41, 5.74) is 2.55. The van der Waals surface area contributed by atoms with E-state index in [2.05, 4.69) is 71.1 Å². The first-order valence-electron chi connectivity index (χ1n) is 8.53. The Hall–Kier alpha value is -2.28. The van der Waals surface area contributed by atoms with Crippen LogP contribution in [0.15, 0.2) is 63.7 Å². The molecule has 2 atom stereocenters. The van der Waals surface area contributed by atoms with Crippen LogP contribution in [0.5, 0.6) is 0 Å². The first kappa shape index (κ1) is 17.1. The molecule has 26 heavy (non-hydrogen) atoms. The molecule has 0 bridgehead atoms. The molecule has 0 aliphatic rings. The summed E-state index contributed by atoms with van der Waals surface area (Å²) in [7, 11) is 0. The summed E-state index contributed by atoms with van der Waals surface area (Å²) >= 11 is 3.38. The predicted octanol–water partition coefficient (Wildman–Crippen LogP) is 4.58. The van der Waals surface area contributed by atoms with E-state index in [1.807, 2.05) is 17.5 Å². The minimum Gasteiger partial charge on any atom is -0.414 e. The molecule has 0 saturated heterocycles. The Kier molecular flexibility index (Phi) is 4.97. The summed E-state index contributed by atoms with van der Waals surface area (Å²) in [6.07, 6.45) is 0. The van der Waals surface area contributed by atoms with E-state index in [-0.39, 0.29) is 12.1 Å². The Morgan fingerprint density at radius 1 is 0.962 bits per heavy atom. The molecule has 0 aliphatic carbocycles. The van der Waals surface area contributed by atoms with Crippen LogP contribution in [0.1, 0.15) is 40.9 Å². The first-order chi connectivity index (χ1) is 12.7. The minimum absolute atomic E-state index is 0.0598. The lowest BCUT2D eigenvalue weighted by Crippen LogP contribution is -2.85. The van der Waals surface area contributed by atoms with Crippen molar-refractivity contribution >= 4 is 22.7 Å². The van der Waals surface area contributed by atoms with Crippen molar-refractivity contribution in [1.82, 2.24) is 10.2 Å². The van der Waals surface area contributed by atoms with Crippen molar-refractivity contribution < 1.29 is 9.73 Å². The van der Waals surface area contributed by atoms with Gasteiger partial charge in [-0.15, -0.1) is 32.9 Å². The van der Waals surface area contributed by atoms with E-state index in [0.717, 1.165) is 4.88 Å². The van der Waals surface area contributed by atoms with Crippen LogP contribution in [0.2, 0.25) is 0 Å². The number of benzene rings is 1. The van der Waals surface area contributed by atoms with Crippen LogP contribution in [0.25, 0.3) is 10.8 Å². The molecule has 0 aliphatic heterocycles. The summed E-state index contributed by atoms with van der Waals surface area (Å²) in [5, 5.41) is 14.9. The maximum absolute atomic E-state index is 5.92. The van der Waals surface area contributed by atoms with Gasteiger partial charge in [-0.3, -0.25) is 0 Å². The molecule has 4 rings (SSSR count). The normalized spacial score (nSPS) is 13.6. The van der Waals surface area contributed by atoms with Gasteiger partial charge in [-0.05, 0) is 36.7 Å². The highest BCUT2D eigenvalue weighted by molar-refractivity contribution is 7.13. The van der Waals surface area contributed by atoms with Gasteiger partial charge >= 0.3 is 0 Å². The van der Waals surface area contributed by atoms with Crippen molar-refractivity contribution in [1.29, 1.82) is 0 Å². The largest absolute Gasteiger partial charge is 0.414 e. The van der Waals surface area contributed by atoms with Gasteiger partial charge in [0, 0.05) is 5.56 Å². The second kappa shape index (κ2) is 7.53. The van der Waals surface area contributed by atoms with Gasteiger partial charge in [-0.1, -0.05) is 42.0 Å². The molecule has 0 saturated carbocycles. The molecule has 4 aromatic rings. The average Bonchev–Trinajstić information content (AvgIpc) is 3.42. The molecule has 0 amide bonds. The molecule has 0 fully saturated rings. The molecule has 6 heteroatoms. The van der Waals surface area contributed by atoms with Crippen LogP contribution < -0.4 is 5.32 Å². The highest BCUT2D eigenvalue weighted by atomic mass is 32.1. The average molecular weight is 383 g/mol. The van der Waals surface area contributed by atoms with Crippen LogP contribution in [-0.4, -0.2) is 10.2 Å². The molecule has 3 aromatic heterocycles. The third kappa shape index (κ3) is 3.62. The van der Waals surface area contributed by atoms with Gasteiger partial charge in [0.2, 0.25) is 0 Å². The number of thiophene rings is 2. The summed E-state index contributed by atoms with van der Waals surface area (Å²) < 4.78 is 5.92. The topological polar surface area (TPSA) is 55.5 Å². The van der Waals surface area contributed by atoms with E-state index in [1.54, 1.807) is 22.7 Å². The van der Waals surface area contributed by atoms with Gasteiger partial charge in [0.25, 0.3) is 11.8 Å². The number of hydrogen-bond donors (Lipinski definition) is 1. The van der Waals surface area contributed by atoms with Gasteiger partial charge in [0.1, 0.15) is 6.04 Å². The molecule has 3 heterocycles. The second-order valence-electron chi connectivity index (χ2n) is 6.31. The molecule has 1 aromatic carbocycles. The lowest BCUT2D eigenvalue weighted by molar-refractivity contribution is -0.725. The second-order valence-corrected chi connectivity index (χ2v) is 8.23. The van der Waals surface area contributed by atoms with Gasteiger partial charge in [0.15, 0.2) is 6.04 Å². The highest BCUT2D eigenvalue weighted by Crippen LogP contribution is 2.26. The highest BCUT2D eigenvalue weighted by Gasteiger charge is 2.26. The number of quaternary nitrogens is 1. The standard InChI is InChI=1S/C20H19N3OS2/c1-13-7-9-15(10-8-13)18(16-5-3-11-25-16)21-14(2)19-22-23-20(24-19)17-6-4-12-26-17/h3-12,14,18,21H,1-2H3/p+1/t14-,18+/m0/s1. The van der Waals surface area contributed by atoms with E-state index >= 15 is 0 Å². The number of nitrogens with zero attached hydrogens (tertiary/aromatic N) is 2. The van der Waals surface area contributed by atoms with Crippen molar-refractivity contribution in [3.05, 3.63) is 81.2 Å².